The maximum atomic E-state index is 12.1. The molecule has 5 heteroatoms. The molecule has 0 aromatic carbocycles. The average Bonchev–Trinajstić information content (AvgIpc) is 3.16. The highest BCUT2D eigenvalue weighted by atomic mass is 16.5. The zero-order chi connectivity index (χ0) is 46.2. The Morgan fingerprint density at radius 3 is 1.57 bits per heavy atom. The topological polar surface area (TPSA) is 65.0 Å². The first kappa shape index (κ1) is 61.7. The third-order valence-corrected chi connectivity index (χ3v) is 12.1. The lowest BCUT2D eigenvalue weighted by Gasteiger charge is -2.29. The van der Waals surface area contributed by atoms with Gasteiger partial charge in [0, 0.05) is 19.6 Å². The first-order valence-electron chi connectivity index (χ1n) is 25.9. The standard InChI is InChI=1S/C38H72O3.C18H36O2/c1-8-9-10-11-12-13-14-15-16-17-18-19-20-21-22-28-37(39)40-32-29-36(5)27-24-31-38(6,7)41-33-30-35(4)26-23-25-34(2)3;1-15(2)9-7-11-17(4)20-18(5,6)13-8-10-16(3)12-14-19/h15-16,25,35-36H,8-14,17-24,26-33H2,1-7H3;9,16-17,19H,7-8,10-14H2,1-6H3/b16-15+;. The van der Waals surface area contributed by atoms with Crippen molar-refractivity contribution in [2.45, 2.75) is 281 Å². The Kier molecular flexibility index (Phi) is 41.7. The molecule has 5 nitrogen and oxygen atoms in total. The number of allylic oxidation sites excluding steroid dienone is 6. The molecule has 0 saturated heterocycles. The zero-order valence-corrected chi connectivity index (χ0v) is 43.4. The average molecular weight is 861 g/mol. The quantitative estimate of drug-likeness (QED) is 0.0378. The van der Waals surface area contributed by atoms with Gasteiger partial charge in [0.25, 0.3) is 0 Å². The summed E-state index contributed by atoms with van der Waals surface area (Å²) in [6.45, 7) is 30.5. The lowest BCUT2D eigenvalue weighted by atomic mass is 9.95. The van der Waals surface area contributed by atoms with E-state index < -0.39 is 0 Å². The molecule has 1 N–H and O–H groups in total. The van der Waals surface area contributed by atoms with Crippen LogP contribution in [0.3, 0.4) is 0 Å². The molecule has 0 aromatic rings. The Morgan fingerprint density at radius 1 is 0.541 bits per heavy atom. The Bertz CT molecular complexity index is 1060. The first-order valence-corrected chi connectivity index (χ1v) is 25.9. The molecule has 0 aliphatic carbocycles. The van der Waals surface area contributed by atoms with Crippen molar-refractivity contribution in [2.75, 3.05) is 19.8 Å². The van der Waals surface area contributed by atoms with E-state index in [1.165, 1.54) is 107 Å². The monoisotopic (exact) mass is 861 g/mol. The van der Waals surface area contributed by atoms with E-state index in [0.717, 1.165) is 77.2 Å². The van der Waals surface area contributed by atoms with Crippen LogP contribution in [-0.4, -0.2) is 48.2 Å². The van der Waals surface area contributed by atoms with Crippen molar-refractivity contribution < 1.29 is 24.1 Å². The van der Waals surface area contributed by atoms with Gasteiger partial charge in [-0.3, -0.25) is 4.79 Å². The smallest absolute Gasteiger partial charge is 0.305 e. The van der Waals surface area contributed by atoms with E-state index in [1.807, 2.05) is 0 Å². The number of hydrogen-bond donors (Lipinski definition) is 1. The van der Waals surface area contributed by atoms with Gasteiger partial charge in [-0.1, -0.05) is 140 Å². The molecule has 362 valence electrons. The highest BCUT2D eigenvalue weighted by Crippen LogP contribution is 2.25. The summed E-state index contributed by atoms with van der Waals surface area (Å²) in [5.41, 5.74) is 2.70. The van der Waals surface area contributed by atoms with E-state index in [1.54, 1.807) is 0 Å². The number of rotatable bonds is 40. The molecular weight excluding hydrogens is 753 g/mol. The number of hydrogen-bond acceptors (Lipinski definition) is 5. The molecule has 0 amide bonds. The molecule has 61 heavy (non-hydrogen) atoms. The van der Waals surface area contributed by atoms with Crippen LogP contribution in [-0.2, 0) is 19.0 Å². The predicted molar refractivity (Wildman–Crippen MR) is 269 cm³/mol. The molecule has 0 spiro atoms. The summed E-state index contributed by atoms with van der Waals surface area (Å²) in [6.07, 6.45) is 41.3. The van der Waals surface area contributed by atoms with Gasteiger partial charge in [-0.05, 0) is 170 Å². The van der Waals surface area contributed by atoms with E-state index in [4.69, 9.17) is 19.3 Å². The maximum absolute atomic E-state index is 12.1. The fourth-order valence-electron chi connectivity index (χ4n) is 7.73. The summed E-state index contributed by atoms with van der Waals surface area (Å²) in [7, 11) is 0. The van der Waals surface area contributed by atoms with Gasteiger partial charge < -0.3 is 19.3 Å². The van der Waals surface area contributed by atoms with Gasteiger partial charge in [-0.25, -0.2) is 0 Å². The number of aliphatic hydroxyl groups excluding tert-OH is 1. The summed E-state index contributed by atoms with van der Waals surface area (Å²) in [5.74, 6) is 1.89. The summed E-state index contributed by atoms with van der Waals surface area (Å²) in [6, 6.07) is 0. The molecule has 0 bridgehead atoms. The van der Waals surface area contributed by atoms with E-state index in [9.17, 15) is 4.79 Å². The van der Waals surface area contributed by atoms with E-state index in [0.29, 0.717) is 43.5 Å². The Balaban J connectivity index is 0. The van der Waals surface area contributed by atoms with Gasteiger partial charge in [0.15, 0.2) is 0 Å². The fourth-order valence-corrected chi connectivity index (χ4v) is 7.73. The summed E-state index contributed by atoms with van der Waals surface area (Å²) >= 11 is 0. The van der Waals surface area contributed by atoms with Crippen LogP contribution in [0.1, 0.15) is 263 Å². The van der Waals surface area contributed by atoms with Crippen molar-refractivity contribution in [1.29, 1.82) is 0 Å². The van der Waals surface area contributed by atoms with Crippen LogP contribution in [0.2, 0.25) is 0 Å². The first-order chi connectivity index (χ1) is 28.9. The van der Waals surface area contributed by atoms with Crippen molar-refractivity contribution >= 4 is 5.97 Å². The van der Waals surface area contributed by atoms with Crippen molar-refractivity contribution in [3.8, 4) is 0 Å². The molecule has 0 aliphatic heterocycles. The number of aliphatic hydroxyl groups is 1. The molecule has 4 atom stereocenters. The highest BCUT2D eigenvalue weighted by molar-refractivity contribution is 5.69. The molecule has 0 heterocycles. The largest absolute Gasteiger partial charge is 0.466 e. The van der Waals surface area contributed by atoms with Gasteiger partial charge in [-0.15, -0.1) is 0 Å². The molecule has 0 rings (SSSR count). The fraction of sp³-hybridized carbons (Fsp3) is 0.875. The van der Waals surface area contributed by atoms with Crippen molar-refractivity contribution in [3.05, 3.63) is 35.5 Å². The predicted octanol–water partition coefficient (Wildman–Crippen LogP) is 17.4. The second-order valence-electron chi connectivity index (χ2n) is 20.8. The number of carbonyl (C=O) groups excluding carboxylic acids is 1. The van der Waals surface area contributed by atoms with Crippen molar-refractivity contribution in [2.24, 2.45) is 17.8 Å². The number of esters is 1. The lowest BCUT2D eigenvalue weighted by Crippen LogP contribution is -2.29. The van der Waals surface area contributed by atoms with Gasteiger partial charge in [-0.2, -0.15) is 0 Å². The van der Waals surface area contributed by atoms with Gasteiger partial charge in [0.1, 0.15) is 0 Å². The van der Waals surface area contributed by atoms with Crippen molar-refractivity contribution in [1.82, 2.24) is 0 Å². The van der Waals surface area contributed by atoms with Crippen LogP contribution in [0.5, 0.6) is 0 Å². The third kappa shape index (κ3) is 47.9. The van der Waals surface area contributed by atoms with Gasteiger partial charge >= 0.3 is 5.97 Å². The minimum Gasteiger partial charge on any atom is -0.466 e. The lowest BCUT2D eigenvalue weighted by molar-refractivity contribution is -0.144. The molecule has 0 aliphatic rings. The highest BCUT2D eigenvalue weighted by Gasteiger charge is 2.22. The maximum Gasteiger partial charge on any atom is 0.305 e. The third-order valence-electron chi connectivity index (χ3n) is 12.1. The SMILES string of the molecule is CC(C)=CCCC(C)OC(C)(C)CCCC(C)CCO.CCCCCCCC/C=C/CCCCCCCC(=O)OCCC(C)CCCC(C)(C)OCCC(C)CCC=C(C)C. The van der Waals surface area contributed by atoms with Gasteiger partial charge in [0.05, 0.1) is 23.9 Å². The minimum absolute atomic E-state index is 0.0144. The van der Waals surface area contributed by atoms with Crippen LogP contribution in [0, 0.1) is 17.8 Å². The van der Waals surface area contributed by atoms with Crippen LogP contribution in [0.25, 0.3) is 0 Å². The summed E-state index contributed by atoms with van der Waals surface area (Å²) in [5, 5.41) is 8.91. The Morgan fingerprint density at radius 2 is 1.02 bits per heavy atom. The van der Waals surface area contributed by atoms with Crippen LogP contribution >= 0.6 is 0 Å². The molecule has 0 radical (unpaired) electrons. The van der Waals surface area contributed by atoms with E-state index >= 15 is 0 Å². The van der Waals surface area contributed by atoms with E-state index in [2.05, 4.69) is 114 Å². The van der Waals surface area contributed by atoms with Crippen molar-refractivity contribution in [3.63, 3.8) is 0 Å². The van der Waals surface area contributed by atoms with Gasteiger partial charge in [0.2, 0.25) is 0 Å². The van der Waals surface area contributed by atoms with Crippen LogP contribution in [0.15, 0.2) is 35.5 Å². The van der Waals surface area contributed by atoms with Crippen LogP contribution in [0.4, 0.5) is 0 Å². The van der Waals surface area contributed by atoms with E-state index in [-0.39, 0.29) is 17.2 Å². The normalized spacial score (nSPS) is 13.9. The summed E-state index contributed by atoms with van der Waals surface area (Å²) < 4.78 is 17.9. The molecule has 0 saturated carbocycles. The minimum atomic E-state index is -0.0598. The molecular formula is C56H108O5. The zero-order valence-electron chi connectivity index (χ0n) is 43.4. The Hall–Kier alpha value is -1.43. The number of ether oxygens (including phenoxy) is 3. The molecule has 0 fully saturated rings. The molecule has 0 aromatic heterocycles. The molecule has 4 unspecified atom stereocenters. The second-order valence-corrected chi connectivity index (χ2v) is 20.8. The Labute approximate surface area is 382 Å². The second kappa shape index (κ2) is 41.3. The number of unbranched alkanes of at least 4 members (excludes halogenated alkanes) is 11. The summed E-state index contributed by atoms with van der Waals surface area (Å²) in [4.78, 5) is 12.1. The number of carbonyl (C=O) groups is 1. The van der Waals surface area contributed by atoms with Crippen LogP contribution < -0.4 is 0 Å².